The molecule has 0 aliphatic carbocycles. The SMILES string of the molecule is Nc1nc(/C(=N/O)C(=O)NC2C(=O)N3C(C(=O)O)=C(Sc4snnc4C(F)(F)F)CCC23)c(Cl)s1. The van der Waals surface area contributed by atoms with E-state index in [1.807, 2.05) is 0 Å². The van der Waals surface area contributed by atoms with Gasteiger partial charge in [-0.15, -0.1) is 5.10 Å². The molecule has 19 heteroatoms. The number of β-lactam (4-membered cyclic amide) rings is 1. The number of carbonyl (C=O) groups is 3. The zero-order valence-electron chi connectivity index (χ0n) is 16.7. The average molecular weight is 570 g/mol. The predicted octanol–water partition coefficient (Wildman–Crippen LogP) is 2.01. The van der Waals surface area contributed by atoms with Gasteiger partial charge in [-0.2, -0.15) is 13.2 Å². The number of carboxylic acid groups (broad SMARTS) is 1. The van der Waals surface area contributed by atoms with Crippen LogP contribution in [0.5, 0.6) is 0 Å². The first-order valence-corrected chi connectivity index (χ1v) is 12.0. The van der Waals surface area contributed by atoms with Gasteiger partial charge in [0.2, 0.25) is 0 Å². The molecule has 0 spiro atoms. The number of nitrogen functional groups attached to an aromatic ring is 1. The Morgan fingerprint density at radius 3 is 2.66 bits per heavy atom. The lowest BCUT2D eigenvalue weighted by atomic mass is 9.86. The molecule has 0 saturated carbocycles. The quantitative estimate of drug-likeness (QED) is 0.174. The van der Waals surface area contributed by atoms with Crippen LogP contribution in [0.2, 0.25) is 4.34 Å². The van der Waals surface area contributed by atoms with E-state index >= 15 is 0 Å². The van der Waals surface area contributed by atoms with Crippen molar-refractivity contribution in [3.8, 4) is 0 Å². The van der Waals surface area contributed by atoms with E-state index in [-0.39, 0.29) is 37.1 Å². The van der Waals surface area contributed by atoms with E-state index in [1.54, 1.807) is 0 Å². The van der Waals surface area contributed by atoms with Crippen LogP contribution in [0, 0.1) is 0 Å². The minimum absolute atomic E-state index is 0.00298. The van der Waals surface area contributed by atoms with Crippen molar-refractivity contribution < 1.29 is 37.9 Å². The molecule has 1 fully saturated rings. The van der Waals surface area contributed by atoms with Crippen molar-refractivity contribution in [1.82, 2.24) is 24.8 Å². The second-order valence-electron chi connectivity index (χ2n) is 6.97. The number of amides is 2. The molecule has 12 nitrogen and oxygen atoms in total. The van der Waals surface area contributed by atoms with Crippen molar-refractivity contribution in [1.29, 1.82) is 0 Å². The average Bonchev–Trinajstić information content (AvgIpc) is 3.38. The van der Waals surface area contributed by atoms with Gasteiger partial charge in [-0.3, -0.25) is 14.5 Å². The molecular formula is C16H11ClF3N7O5S3. The second kappa shape index (κ2) is 9.25. The third kappa shape index (κ3) is 4.53. The van der Waals surface area contributed by atoms with E-state index in [4.69, 9.17) is 17.3 Å². The van der Waals surface area contributed by atoms with Gasteiger partial charge in [-0.1, -0.05) is 44.3 Å². The van der Waals surface area contributed by atoms with Gasteiger partial charge in [0.05, 0.1) is 6.04 Å². The number of nitrogens with two attached hydrogens (primary N) is 1. The number of anilines is 1. The smallest absolute Gasteiger partial charge is 0.437 e. The number of aromatic nitrogens is 3. The molecule has 1 saturated heterocycles. The zero-order valence-corrected chi connectivity index (χ0v) is 19.9. The monoisotopic (exact) mass is 569 g/mol. The number of allylic oxidation sites excluding steroid dienone is 1. The van der Waals surface area contributed by atoms with E-state index in [9.17, 15) is 37.9 Å². The maximum absolute atomic E-state index is 13.1. The van der Waals surface area contributed by atoms with Gasteiger partial charge in [0.15, 0.2) is 16.5 Å². The maximum Gasteiger partial charge on any atom is 0.437 e. The first-order chi connectivity index (χ1) is 16.4. The molecule has 4 heterocycles. The minimum Gasteiger partial charge on any atom is -0.477 e. The van der Waals surface area contributed by atoms with Crippen LogP contribution in [0.1, 0.15) is 24.2 Å². The summed E-state index contributed by atoms with van der Waals surface area (Å²) >= 11 is 7.74. The van der Waals surface area contributed by atoms with Crippen LogP contribution in [0.3, 0.4) is 0 Å². The summed E-state index contributed by atoms with van der Waals surface area (Å²) in [6.45, 7) is 0. The molecule has 0 aromatic carbocycles. The molecule has 0 bridgehead atoms. The normalized spacial score (nSPS) is 20.5. The van der Waals surface area contributed by atoms with Crippen molar-refractivity contribution in [2.24, 2.45) is 5.16 Å². The number of thiazole rings is 1. The summed E-state index contributed by atoms with van der Waals surface area (Å²) in [6, 6.07) is -1.97. The third-order valence-corrected chi connectivity index (χ3v) is 8.07. The number of oxime groups is 1. The number of halogens is 4. The molecular weight excluding hydrogens is 559 g/mol. The van der Waals surface area contributed by atoms with Gasteiger partial charge in [0.25, 0.3) is 11.8 Å². The van der Waals surface area contributed by atoms with Crippen LogP contribution in [-0.2, 0) is 20.6 Å². The molecule has 2 unspecified atom stereocenters. The van der Waals surface area contributed by atoms with Gasteiger partial charge in [0, 0.05) is 4.91 Å². The third-order valence-electron chi connectivity index (χ3n) is 4.97. The Bertz CT molecular complexity index is 1290. The molecule has 2 aliphatic rings. The maximum atomic E-state index is 13.1. The van der Waals surface area contributed by atoms with Crippen molar-refractivity contribution >= 4 is 74.9 Å². The lowest BCUT2D eigenvalue weighted by Gasteiger charge is -2.50. The number of nitrogens with one attached hydrogen (secondary N) is 1. The van der Waals surface area contributed by atoms with Crippen molar-refractivity contribution in [2.75, 3.05) is 5.73 Å². The van der Waals surface area contributed by atoms with Gasteiger partial charge in [-0.25, -0.2) is 9.78 Å². The molecule has 186 valence electrons. The summed E-state index contributed by atoms with van der Waals surface area (Å²) in [5.41, 5.74) is 2.97. The van der Waals surface area contributed by atoms with Crippen LogP contribution in [-0.4, -0.2) is 65.4 Å². The molecule has 35 heavy (non-hydrogen) atoms. The van der Waals surface area contributed by atoms with Crippen molar-refractivity contribution in [3.05, 3.63) is 26.3 Å². The number of fused-ring (bicyclic) bond motifs is 1. The first-order valence-electron chi connectivity index (χ1n) is 9.26. The van der Waals surface area contributed by atoms with E-state index in [1.165, 1.54) is 0 Å². The van der Waals surface area contributed by atoms with Gasteiger partial charge >= 0.3 is 12.1 Å². The van der Waals surface area contributed by atoms with Crippen LogP contribution in [0.4, 0.5) is 18.3 Å². The lowest BCUT2D eigenvalue weighted by Crippen LogP contribution is -2.72. The van der Waals surface area contributed by atoms with E-state index in [2.05, 4.69) is 25.0 Å². The highest BCUT2D eigenvalue weighted by atomic mass is 35.5. The highest BCUT2D eigenvalue weighted by molar-refractivity contribution is 8.04. The highest BCUT2D eigenvalue weighted by Crippen LogP contribution is 2.46. The van der Waals surface area contributed by atoms with Gasteiger partial charge in [-0.05, 0) is 24.4 Å². The standard InChI is InChI=1S/C16H11ClF3N7O5S3/c17-10-6(23-15(21)34-10)7(25-32)11(28)22-5-3-1-2-4(8(13(30)31)27(3)12(5)29)33-14-9(16(18,19)20)24-26-35-14/h3,5,32H,1-2H2,(H2,21,23)(H,22,28)(H,30,31)/b25-7-. The van der Waals surface area contributed by atoms with Crippen LogP contribution in [0.15, 0.2) is 20.0 Å². The van der Waals surface area contributed by atoms with Crippen LogP contribution < -0.4 is 11.1 Å². The van der Waals surface area contributed by atoms with E-state index < -0.39 is 53.1 Å². The van der Waals surface area contributed by atoms with E-state index in [0.717, 1.165) is 16.2 Å². The lowest BCUT2D eigenvalue weighted by molar-refractivity contribution is -0.155. The number of alkyl halides is 3. The summed E-state index contributed by atoms with van der Waals surface area (Å²) in [6.07, 6.45) is -4.63. The summed E-state index contributed by atoms with van der Waals surface area (Å²) in [5.74, 6) is -3.34. The predicted molar refractivity (Wildman–Crippen MR) is 117 cm³/mol. The van der Waals surface area contributed by atoms with Gasteiger partial charge in [0.1, 0.15) is 26.0 Å². The fourth-order valence-electron chi connectivity index (χ4n) is 3.53. The molecule has 2 amide bonds. The molecule has 2 aromatic rings. The Kier molecular flexibility index (Phi) is 6.64. The molecule has 0 radical (unpaired) electrons. The number of nitrogens with zero attached hydrogens (tertiary/aromatic N) is 5. The Labute approximate surface area is 209 Å². The number of hydrogen-bond acceptors (Lipinski definition) is 12. The molecule has 5 N–H and O–H groups in total. The van der Waals surface area contributed by atoms with Crippen molar-refractivity contribution in [3.63, 3.8) is 0 Å². The zero-order chi connectivity index (χ0) is 25.7. The molecule has 2 atom stereocenters. The topological polar surface area (TPSA) is 184 Å². The minimum atomic E-state index is -4.78. The number of hydrogen-bond donors (Lipinski definition) is 4. The second-order valence-corrected chi connectivity index (χ2v) is 10.7. The Balaban J connectivity index is 1.55. The Morgan fingerprint density at radius 2 is 2.09 bits per heavy atom. The number of rotatable bonds is 6. The number of carboxylic acids is 1. The first kappa shape index (κ1) is 25.1. The van der Waals surface area contributed by atoms with E-state index in [0.29, 0.717) is 23.3 Å². The fraction of sp³-hybridized carbons (Fsp3) is 0.312. The highest BCUT2D eigenvalue weighted by Gasteiger charge is 2.54. The van der Waals surface area contributed by atoms with Crippen LogP contribution in [0.25, 0.3) is 0 Å². The van der Waals surface area contributed by atoms with Crippen molar-refractivity contribution in [2.45, 2.75) is 35.3 Å². The number of thioether (sulfide) groups is 1. The summed E-state index contributed by atoms with van der Waals surface area (Å²) < 4.78 is 42.3. The largest absolute Gasteiger partial charge is 0.477 e. The summed E-state index contributed by atoms with van der Waals surface area (Å²) in [7, 11) is 0. The Hall–Kier alpha value is -2.96. The summed E-state index contributed by atoms with van der Waals surface area (Å²) in [4.78, 5) is 42.1. The van der Waals surface area contributed by atoms with Crippen LogP contribution >= 0.6 is 46.2 Å². The molecule has 2 aliphatic heterocycles. The summed E-state index contributed by atoms with van der Waals surface area (Å²) in [5, 5.41) is 27.2. The number of aliphatic carboxylic acids is 1. The number of carbonyl (C=O) groups excluding carboxylic acids is 2. The Morgan fingerprint density at radius 1 is 1.37 bits per heavy atom. The van der Waals surface area contributed by atoms with Gasteiger partial charge < -0.3 is 21.4 Å². The molecule has 2 aromatic heterocycles. The molecule has 4 rings (SSSR count). The fourth-order valence-corrected chi connectivity index (χ4v) is 6.43.